The molecule has 0 radical (unpaired) electrons. The Hall–Kier alpha value is -1.42. The summed E-state index contributed by atoms with van der Waals surface area (Å²) in [6.07, 6.45) is 22.8. The summed E-state index contributed by atoms with van der Waals surface area (Å²) < 4.78 is 5.67. The van der Waals surface area contributed by atoms with Crippen LogP contribution in [-0.2, 0) is 4.74 Å². The maximum Gasteiger partial charge on any atom is 0.0758 e. The van der Waals surface area contributed by atoms with E-state index in [1.165, 1.54) is 12.8 Å². The van der Waals surface area contributed by atoms with E-state index in [4.69, 9.17) is 4.74 Å². The van der Waals surface area contributed by atoms with Gasteiger partial charge in [0.2, 0.25) is 0 Å². The fourth-order valence-electron chi connectivity index (χ4n) is 2.07. The predicted molar refractivity (Wildman–Crippen MR) is 108 cm³/mol. The summed E-state index contributed by atoms with van der Waals surface area (Å²) >= 11 is 0. The van der Waals surface area contributed by atoms with Crippen molar-refractivity contribution in [1.29, 1.82) is 0 Å². The van der Waals surface area contributed by atoms with Crippen LogP contribution in [0, 0.1) is 0 Å². The van der Waals surface area contributed by atoms with E-state index in [0.29, 0.717) is 12.8 Å². The average molecular weight is 349 g/mol. The van der Waals surface area contributed by atoms with Gasteiger partial charge in [-0.1, -0.05) is 87.4 Å². The van der Waals surface area contributed by atoms with Gasteiger partial charge in [-0.2, -0.15) is 0 Å². The maximum absolute atomic E-state index is 9.83. The van der Waals surface area contributed by atoms with Crippen molar-refractivity contribution in [1.82, 2.24) is 0 Å². The Morgan fingerprint density at radius 2 is 1.44 bits per heavy atom. The van der Waals surface area contributed by atoms with Crippen LogP contribution in [0.4, 0.5) is 0 Å². The van der Waals surface area contributed by atoms with Crippen LogP contribution in [0.2, 0.25) is 0 Å². The van der Waals surface area contributed by atoms with Crippen LogP contribution in [0.15, 0.2) is 60.8 Å². The SMILES string of the molecule is CCCCC(\C=C/C=C/C=C/C(O)C/C=C\C=C\[C@H](O)CC)OCC. The minimum absolute atomic E-state index is 0.189. The van der Waals surface area contributed by atoms with Crippen LogP contribution in [0.1, 0.15) is 52.9 Å². The standard InChI is InChI=1S/C22H36O3/c1-4-7-18-22(25-6-3)19-14-9-8-11-16-21(24)17-13-10-12-15-20(23)5-2/h8-16,19-24H,4-7,17-18H2,1-3H3/b9-8+,13-10-,15-12+,16-11+,19-14-/t20-,21?,22?/m1/s1. The molecule has 0 saturated heterocycles. The molecule has 142 valence electrons. The molecule has 0 aliphatic heterocycles. The van der Waals surface area contributed by atoms with E-state index >= 15 is 0 Å². The summed E-state index contributed by atoms with van der Waals surface area (Å²) in [5.74, 6) is 0. The zero-order chi connectivity index (χ0) is 18.8. The Kier molecular flexibility index (Phi) is 16.4. The molecular formula is C22H36O3. The minimum atomic E-state index is -0.505. The van der Waals surface area contributed by atoms with Gasteiger partial charge in [0, 0.05) is 6.61 Å². The topological polar surface area (TPSA) is 49.7 Å². The second-order valence-corrected chi connectivity index (χ2v) is 5.88. The zero-order valence-corrected chi connectivity index (χ0v) is 16.1. The molecule has 0 aromatic rings. The quantitative estimate of drug-likeness (QED) is 0.440. The van der Waals surface area contributed by atoms with Crippen LogP contribution in [0.25, 0.3) is 0 Å². The first-order chi connectivity index (χ1) is 12.1. The van der Waals surface area contributed by atoms with Crippen LogP contribution >= 0.6 is 0 Å². The largest absolute Gasteiger partial charge is 0.389 e. The van der Waals surface area contributed by atoms with Crippen LogP contribution in [0.5, 0.6) is 0 Å². The van der Waals surface area contributed by atoms with Gasteiger partial charge in [-0.25, -0.2) is 0 Å². The number of hydrogen-bond donors (Lipinski definition) is 2. The molecule has 0 amide bonds. The molecule has 0 bridgehead atoms. The number of hydrogen-bond acceptors (Lipinski definition) is 3. The summed E-state index contributed by atoms with van der Waals surface area (Å²) in [5, 5.41) is 19.2. The van der Waals surface area contributed by atoms with Crippen molar-refractivity contribution in [2.75, 3.05) is 6.61 Å². The van der Waals surface area contributed by atoms with Crippen molar-refractivity contribution in [3.63, 3.8) is 0 Å². The molecule has 0 heterocycles. The lowest BCUT2D eigenvalue weighted by molar-refractivity contribution is 0.0887. The highest BCUT2D eigenvalue weighted by atomic mass is 16.5. The van der Waals surface area contributed by atoms with Crippen molar-refractivity contribution in [2.45, 2.75) is 71.2 Å². The first-order valence-electron chi connectivity index (χ1n) is 9.46. The second-order valence-electron chi connectivity index (χ2n) is 5.88. The fraction of sp³-hybridized carbons (Fsp3) is 0.545. The van der Waals surface area contributed by atoms with Crippen LogP contribution in [0.3, 0.4) is 0 Å². The average Bonchev–Trinajstić information content (AvgIpc) is 2.61. The van der Waals surface area contributed by atoms with E-state index in [-0.39, 0.29) is 6.10 Å². The fourth-order valence-corrected chi connectivity index (χ4v) is 2.07. The molecule has 0 rings (SSSR count). The molecule has 0 aromatic heterocycles. The molecule has 0 saturated carbocycles. The summed E-state index contributed by atoms with van der Waals surface area (Å²) in [6.45, 7) is 6.86. The number of allylic oxidation sites excluding steroid dienone is 6. The molecule has 0 fully saturated rings. The molecule has 0 aliphatic carbocycles. The highest BCUT2D eigenvalue weighted by molar-refractivity contribution is 5.14. The Labute approximate surface area is 154 Å². The molecule has 0 aromatic carbocycles. The Morgan fingerprint density at radius 3 is 2.08 bits per heavy atom. The molecule has 3 nitrogen and oxygen atoms in total. The molecular weight excluding hydrogens is 312 g/mol. The van der Waals surface area contributed by atoms with E-state index < -0.39 is 12.2 Å². The van der Waals surface area contributed by atoms with Crippen molar-refractivity contribution < 1.29 is 14.9 Å². The smallest absolute Gasteiger partial charge is 0.0758 e. The van der Waals surface area contributed by atoms with Gasteiger partial charge in [0.05, 0.1) is 18.3 Å². The second kappa shape index (κ2) is 17.4. The highest BCUT2D eigenvalue weighted by Gasteiger charge is 2.01. The highest BCUT2D eigenvalue weighted by Crippen LogP contribution is 2.06. The van der Waals surface area contributed by atoms with Gasteiger partial charge >= 0.3 is 0 Å². The van der Waals surface area contributed by atoms with E-state index in [2.05, 4.69) is 13.0 Å². The van der Waals surface area contributed by atoms with E-state index in [1.807, 2.05) is 56.4 Å². The third kappa shape index (κ3) is 15.8. The number of aliphatic hydroxyl groups excluding tert-OH is 2. The molecule has 25 heavy (non-hydrogen) atoms. The lowest BCUT2D eigenvalue weighted by atomic mass is 10.1. The monoisotopic (exact) mass is 348 g/mol. The normalized spacial score (nSPS) is 16.8. The van der Waals surface area contributed by atoms with Gasteiger partial charge in [-0.05, 0) is 26.2 Å². The Bertz CT molecular complexity index is 433. The first-order valence-corrected chi connectivity index (χ1v) is 9.46. The van der Waals surface area contributed by atoms with Crippen molar-refractivity contribution in [3.05, 3.63) is 60.8 Å². The molecule has 0 spiro atoms. The van der Waals surface area contributed by atoms with Gasteiger partial charge in [0.1, 0.15) is 0 Å². The molecule has 2 N–H and O–H groups in total. The molecule has 3 atom stereocenters. The predicted octanol–water partition coefficient (Wildman–Crippen LogP) is 4.88. The van der Waals surface area contributed by atoms with Gasteiger partial charge in [0.15, 0.2) is 0 Å². The summed E-state index contributed by atoms with van der Waals surface area (Å²) in [7, 11) is 0. The third-order valence-electron chi connectivity index (χ3n) is 3.59. The number of unbranched alkanes of at least 4 members (excludes halogenated alkanes) is 1. The van der Waals surface area contributed by atoms with Crippen LogP contribution < -0.4 is 0 Å². The van der Waals surface area contributed by atoms with Gasteiger partial charge in [-0.3, -0.25) is 0 Å². The number of rotatable bonds is 14. The number of ether oxygens (including phenoxy) is 1. The molecule has 3 heteroatoms. The lowest BCUT2D eigenvalue weighted by Gasteiger charge is -2.11. The zero-order valence-electron chi connectivity index (χ0n) is 16.1. The van der Waals surface area contributed by atoms with E-state index in [9.17, 15) is 10.2 Å². The summed E-state index contributed by atoms with van der Waals surface area (Å²) in [5.41, 5.74) is 0. The molecule has 2 unspecified atom stereocenters. The van der Waals surface area contributed by atoms with E-state index in [0.717, 1.165) is 13.0 Å². The van der Waals surface area contributed by atoms with Crippen molar-refractivity contribution in [2.24, 2.45) is 0 Å². The third-order valence-corrected chi connectivity index (χ3v) is 3.59. The maximum atomic E-state index is 9.83. The Morgan fingerprint density at radius 1 is 0.800 bits per heavy atom. The van der Waals surface area contributed by atoms with Crippen molar-refractivity contribution in [3.8, 4) is 0 Å². The lowest BCUT2D eigenvalue weighted by Crippen LogP contribution is -2.09. The molecule has 0 aliphatic rings. The Balaban J connectivity index is 4.10. The minimum Gasteiger partial charge on any atom is -0.389 e. The van der Waals surface area contributed by atoms with Crippen LogP contribution in [-0.4, -0.2) is 35.1 Å². The number of aliphatic hydroxyl groups is 2. The van der Waals surface area contributed by atoms with E-state index in [1.54, 1.807) is 12.2 Å². The van der Waals surface area contributed by atoms with Gasteiger partial charge in [0.25, 0.3) is 0 Å². The van der Waals surface area contributed by atoms with Crippen molar-refractivity contribution >= 4 is 0 Å². The van der Waals surface area contributed by atoms with Gasteiger partial charge < -0.3 is 14.9 Å². The van der Waals surface area contributed by atoms with Gasteiger partial charge in [-0.15, -0.1) is 0 Å². The summed E-state index contributed by atoms with van der Waals surface area (Å²) in [4.78, 5) is 0. The summed E-state index contributed by atoms with van der Waals surface area (Å²) in [6, 6.07) is 0. The first kappa shape index (κ1) is 23.6.